The van der Waals surface area contributed by atoms with Gasteiger partial charge in [0.1, 0.15) is 0 Å². The van der Waals surface area contributed by atoms with Crippen molar-refractivity contribution in [3.63, 3.8) is 0 Å². The van der Waals surface area contributed by atoms with Crippen LogP contribution in [0.2, 0.25) is 0 Å². The van der Waals surface area contributed by atoms with Crippen LogP contribution >= 0.6 is 0 Å². The molecule has 1 heterocycles. The fourth-order valence-electron chi connectivity index (χ4n) is 4.81. The van der Waals surface area contributed by atoms with Gasteiger partial charge in [0.2, 0.25) is 0 Å². The predicted octanol–water partition coefficient (Wildman–Crippen LogP) is 8.71. The van der Waals surface area contributed by atoms with Gasteiger partial charge in [-0.05, 0) is 51.9 Å². The zero-order valence-electron chi connectivity index (χ0n) is 20.9. The number of para-hydroxylation sites is 1. The van der Waals surface area contributed by atoms with Crippen LogP contribution in [0.5, 0.6) is 0 Å². The van der Waals surface area contributed by atoms with Crippen molar-refractivity contribution < 1.29 is 0 Å². The van der Waals surface area contributed by atoms with E-state index in [1.807, 2.05) is 0 Å². The lowest BCUT2D eigenvalue weighted by atomic mass is 9.84. The normalized spacial score (nSPS) is 12.5. The molecule has 0 saturated carbocycles. The molecule has 35 heavy (non-hydrogen) atoms. The summed E-state index contributed by atoms with van der Waals surface area (Å²) in [5.41, 5.74) is 8.10. The Bertz CT molecular complexity index is 1460. The fraction of sp³-hybridized carbons (Fsp3) is 0.182. The molecule has 0 aliphatic carbocycles. The van der Waals surface area contributed by atoms with Crippen molar-refractivity contribution in [3.8, 4) is 11.3 Å². The van der Waals surface area contributed by atoms with Gasteiger partial charge in [0.15, 0.2) is 0 Å². The van der Waals surface area contributed by atoms with Gasteiger partial charge in [0, 0.05) is 11.3 Å². The molecule has 0 aliphatic rings. The first kappa shape index (κ1) is 22.9. The van der Waals surface area contributed by atoms with Crippen LogP contribution in [-0.4, -0.2) is 4.98 Å². The minimum atomic E-state index is -0.0756. The molecule has 0 saturated heterocycles. The summed E-state index contributed by atoms with van der Waals surface area (Å²) in [6.07, 6.45) is 0. The van der Waals surface area contributed by atoms with Gasteiger partial charge >= 0.3 is 0 Å². The van der Waals surface area contributed by atoms with Gasteiger partial charge in [-0.1, -0.05) is 118 Å². The van der Waals surface area contributed by atoms with Crippen LogP contribution in [0.1, 0.15) is 49.2 Å². The van der Waals surface area contributed by atoms with E-state index in [-0.39, 0.29) is 11.5 Å². The number of hydrogen-bond acceptors (Lipinski definition) is 2. The molecule has 1 aromatic heterocycles. The quantitative estimate of drug-likeness (QED) is 0.286. The number of nitrogens with zero attached hydrogens (tertiary/aromatic N) is 1. The Morgan fingerprint density at radius 3 is 2.17 bits per heavy atom. The highest BCUT2D eigenvalue weighted by Gasteiger charge is 2.23. The van der Waals surface area contributed by atoms with Crippen LogP contribution in [0.3, 0.4) is 0 Å². The summed E-state index contributed by atoms with van der Waals surface area (Å²) in [6.45, 7) is 8.98. The molecule has 1 unspecified atom stereocenters. The number of aromatic nitrogens is 1. The van der Waals surface area contributed by atoms with Crippen LogP contribution in [0.15, 0.2) is 109 Å². The minimum Gasteiger partial charge on any atom is -0.372 e. The Labute approximate surface area is 208 Å². The van der Waals surface area contributed by atoms with Crippen molar-refractivity contribution >= 4 is 16.5 Å². The molecule has 1 N–H and O–H groups in total. The predicted molar refractivity (Wildman–Crippen MR) is 149 cm³/mol. The maximum absolute atomic E-state index is 5.23. The van der Waals surface area contributed by atoms with Crippen LogP contribution < -0.4 is 5.32 Å². The van der Waals surface area contributed by atoms with Gasteiger partial charge < -0.3 is 5.32 Å². The van der Waals surface area contributed by atoms with E-state index in [2.05, 4.69) is 142 Å². The van der Waals surface area contributed by atoms with Gasteiger partial charge in [-0.25, -0.2) is 0 Å². The number of nitrogens with one attached hydrogen (secondary N) is 1. The lowest BCUT2D eigenvalue weighted by Gasteiger charge is -2.29. The molecular formula is C33H32N2. The average molecular weight is 457 g/mol. The molecule has 5 aromatic rings. The summed E-state index contributed by atoms with van der Waals surface area (Å²) < 4.78 is 0. The highest BCUT2D eigenvalue weighted by atomic mass is 15.0. The van der Waals surface area contributed by atoms with Crippen molar-refractivity contribution in [2.75, 3.05) is 5.32 Å². The van der Waals surface area contributed by atoms with Crippen molar-refractivity contribution in [1.29, 1.82) is 0 Å². The Balaban J connectivity index is 1.64. The molecule has 0 aliphatic heterocycles. The maximum Gasteiger partial charge on any atom is 0.0940 e. The Hall–Kier alpha value is -3.91. The standard InChI is InChI=1S/C33H32N2/c1-23-13-10-20-28(33(2,3)4)31(23)35-32(25-15-6-5-7-16-25)30-22-12-21-29(34-30)27-19-11-17-24-14-8-9-18-26(24)27/h5-22,32,35H,1-4H3. The lowest BCUT2D eigenvalue weighted by Crippen LogP contribution is -2.20. The van der Waals surface area contributed by atoms with Crippen molar-refractivity contribution in [3.05, 3.63) is 132 Å². The SMILES string of the molecule is Cc1cccc(C(C)(C)C)c1NC(c1ccccc1)c1cccc(-c2cccc3ccccc23)n1. The molecule has 0 bridgehead atoms. The summed E-state index contributed by atoms with van der Waals surface area (Å²) in [7, 11) is 0. The van der Waals surface area contributed by atoms with Crippen LogP contribution in [0.25, 0.3) is 22.0 Å². The maximum atomic E-state index is 5.23. The molecule has 174 valence electrons. The van der Waals surface area contributed by atoms with Gasteiger partial charge in [-0.2, -0.15) is 0 Å². The third kappa shape index (κ3) is 4.70. The average Bonchev–Trinajstić information content (AvgIpc) is 2.87. The lowest BCUT2D eigenvalue weighted by molar-refractivity contribution is 0.590. The molecule has 2 heteroatoms. The third-order valence-corrected chi connectivity index (χ3v) is 6.63. The van der Waals surface area contributed by atoms with Gasteiger partial charge in [0.05, 0.1) is 17.4 Å². The Kier molecular flexibility index (Phi) is 6.13. The Morgan fingerprint density at radius 1 is 0.686 bits per heavy atom. The first-order valence-electron chi connectivity index (χ1n) is 12.3. The van der Waals surface area contributed by atoms with Crippen molar-refractivity contribution in [2.45, 2.75) is 39.2 Å². The summed E-state index contributed by atoms with van der Waals surface area (Å²) in [4.78, 5) is 5.23. The number of fused-ring (bicyclic) bond motifs is 1. The van der Waals surface area contributed by atoms with Crippen molar-refractivity contribution in [2.24, 2.45) is 0 Å². The summed E-state index contributed by atoms with van der Waals surface area (Å²) in [6, 6.07) is 38.4. The van der Waals surface area contributed by atoms with E-state index in [9.17, 15) is 0 Å². The summed E-state index contributed by atoms with van der Waals surface area (Å²) in [5.74, 6) is 0. The first-order valence-corrected chi connectivity index (χ1v) is 12.3. The van der Waals surface area contributed by atoms with E-state index in [1.165, 1.54) is 33.2 Å². The number of rotatable bonds is 5. The number of pyridine rings is 1. The minimum absolute atomic E-state index is 0.0216. The smallest absolute Gasteiger partial charge is 0.0940 e. The molecule has 5 rings (SSSR count). The molecule has 2 nitrogen and oxygen atoms in total. The van der Waals surface area contributed by atoms with Crippen LogP contribution in [0.4, 0.5) is 5.69 Å². The molecular weight excluding hydrogens is 424 g/mol. The van der Waals surface area contributed by atoms with Crippen molar-refractivity contribution in [1.82, 2.24) is 4.98 Å². The monoisotopic (exact) mass is 456 g/mol. The van der Waals surface area contributed by atoms with Gasteiger partial charge in [-0.15, -0.1) is 0 Å². The van der Waals surface area contributed by atoms with E-state index in [0.29, 0.717) is 0 Å². The second kappa shape index (κ2) is 9.38. The third-order valence-electron chi connectivity index (χ3n) is 6.63. The number of hydrogen-bond donors (Lipinski definition) is 1. The van der Waals surface area contributed by atoms with Crippen LogP contribution in [-0.2, 0) is 5.41 Å². The zero-order chi connectivity index (χ0) is 24.4. The number of anilines is 1. The fourth-order valence-corrected chi connectivity index (χ4v) is 4.81. The molecule has 0 fully saturated rings. The van der Waals surface area contributed by atoms with E-state index < -0.39 is 0 Å². The highest BCUT2D eigenvalue weighted by Crippen LogP contribution is 2.36. The number of benzene rings is 4. The molecule has 1 atom stereocenters. The topological polar surface area (TPSA) is 24.9 Å². The molecule has 0 spiro atoms. The van der Waals surface area contributed by atoms with E-state index in [0.717, 1.165) is 17.0 Å². The number of aryl methyl sites for hydroxylation is 1. The molecule has 0 amide bonds. The zero-order valence-corrected chi connectivity index (χ0v) is 20.9. The van der Waals surface area contributed by atoms with Crippen LogP contribution in [0, 0.1) is 6.92 Å². The second-order valence-corrected chi connectivity index (χ2v) is 10.2. The van der Waals surface area contributed by atoms with E-state index in [4.69, 9.17) is 4.98 Å². The van der Waals surface area contributed by atoms with E-state index in [1.54, 1.807) is 0 Å². The summed E-state index contributed by atoms with van der Waals surface area (Å²) >= 11 is 0. The van der Waals surface area contributed by atoms with Gasteiger partial charge in [0.25, 0.3) is 0 Å². The van der Waals surface area contributed by atoms with E-state index >= 15 is 0 Å². The molecule has 0 radical (unpaired) electrons. The second-order valence-electron chi connectivity index (χ2n) is 10.2. The largest absolute Gasteiger partial charge is 0.372 e. The highest BCUT2D eigenvalue weighted by molar-refractivity contribution is 5.95. The Morgan fingerprint density at radius 2 is 1.37 bits per heavy atom. The summed E-state index contributed by atoms with van der Waals surface area (Å²) in [5, 5.41) is 6.36. The first-order chi connectivity index (χ1) is 16.9. The van der Waals surface area contributed by atoms with Gasteiger partial charge in [-0.3, -0.25) is 4.98 Å². The molecule has 4 aromatic carbocycles.